The first kappa shape index (κ1) is 13.5. The molecular weight excluding hydrogens is 242 g/mol. The minimum absolute atomic E-state index is 0.115. The van der Waals surface area contributed by atoms with Crippen LogP contribution in [0.2, 0.25) is 0 Å². The van der Waals surface area contributed by atoms with Gasteiger partial charge in [-0.05, 0) is 20.8 Å². The molecule has 102 valence electrons. The van der Waals surface area contributed by atoms with Gasteiger partial charge in [-0.2, -0.15) is 0 Å². The highest BCUT2D eigenvalue weighted by molar-refractivity contribution is 5.41. The van der Waals surface area contributed by atoms with Gasteiger partial charge in [-0.1, -0.05) is 5.21 Å². The Morgan fingerprint density at radius 3 is 2.74 bits per heavy atom. The molecule has 6 heteroatoms. The number of aromatic nitrogens is 4. The number of ether oxygens (including phenoxy) is 1. The molecule has 0 saturated carbocycles. The standard InChI is InChI=1S/C13H19N5O/c1-8-5-15-11(9(2)13(8)19-4)6-18-7-12(10(3)14)16-17-18/h5,7,10H,6,14H2,1-4H3. The van der Waals surface area contributed by atoms with Crippen molar-refractivity contribution < 1.29 is 4.74 Å². The van der Waals surface area contributed by atoms with Crippen LogP contribution in [0.15, 0.2) is 12.4 Å². The molecule has 1 atom stereocenters. The van der Waals surface area contributed by atoms with Crippen molar-refractivity contribution in [3.8, 4) is 5.75 Å². The molecule has 0 amide bonds. The maximum absolute atomic E-state index is 5.76. The normalized spacial score (nSPS) is 12.5. The van der Waals surface area contributed by atoms with Crippen molar-refractivity contribution in [2.24, 2.45) is 5.73 Å². The minimum Gasteiger partial charge on any atom is -0.496 e. The molecule has 0 aromatic carbocycles. The average molecular weight is 261 g/mol. The van der Waals surface area contributed by atoms with Gasteiger partial charge < -0.3 is 10.5 Å². The van der Waals surface area contributed by atoms with Gasteiger partial charge in [-0.3, -0.25) is 4.98 Å². The summed E-state index contributed by atoms with van der Waals surface area (Å²) in [7, 11) is 1.67. The number of nitrogens with two attached hydrogens (primary N) is 1. The first-order chi connectivity index (χ1) is 9.02. The molecule has 0 aliphatic heterocycles. The molecule has 0 aliphatic rings. The van der Waals surface area contributed by atoms with E-state index in [0.29, 0.717) is 6.54 Å². The third-order valence-electron chi connectivity index (χ3n) is 3.08. The van der Waals surface area contributed by atoms with Crippen molar-refractivity contribution in [2.45, 2.75) is 33.4 Å². The van der Waals surface area contributed by atoms with E-state index < -0.39 is 0 Å². The first-order valence-corrected chi connectivity index (χ1v) is 6.17. The van der Waals surface area contributed by atoms with E-state index in [9.17, 15) is 0 Å². The summed E-state index contributed by atoms with van der Waals surface area (Å²) in [5.74, 6) is 0.873. The summed E-state index contributed by atoms with van der Waals surface area (Å²) in [6.07, 6.45) is 3.66. The van der Waals surface area contributed by atoms with E-state index in [2.05, 4.69) is 15.3 Å². The Balaban J connectivity index is 2.28. The van der Waals surface area contributed by atoms with Crippen molar-refractivity contribution in [1.82, 2.24) is 20.0 Å². The van der Waals surface area contributed by atoms with E-state index in [4.69, 9.17) is 10.5 Å². The van der Waals surface area contributed by atoms with Crippen molar-refractivity contribution in [2.75, 3.05) is 7.11 Å². The minimum atomic E-state index is -0.115. The summed E-state index contributed by atoms with van der Waals surface area (Å²) in [4.78, 5) is 4.44. The Morgan fingerprint density at radius 2 is 2.16 bits per heavy atom. The second kappa shape index (κ2) is 5.36. The van der Waals surface area contributed by atoms with Crippen LogP contribution < -0.4 is 10.5 Å². The number of methoxy groups -OCH3 is 1. The molecule has 2 rings (SSSR count). The summed E-state index contributed by atoms with van der Waals surface area (Å²) in [6, 6.07) is -0.115. The SMILES string of the molecule is COc1c(C)cnc(Cn2cc(C(C)N)nn2)c1C. The molecule has 2 heterocycles. The summed E-state index contributed by atoms with van der Waals surface area (Å²) < 4.78 is 7.13. The molecule has 1 unspecified atom stereocenters. The van der Waals surface area contributed by atoms with E-state index in [-0.39, 0.29) is 6.04 Å². The molecule has 0 bridgehead atoms. The van der Waals surface area contributed by atoms with Crippen molar-refractivity contribution in [3.63, 3.8) is 0 Å². The number of rotatable bonds is 4. The van der Waals surface area contributed by atoms with Gasteiger partial charge in [0.15, 0.2) is 0 Å². The van der Waals surface area contributed by atoms with Crippen LogP contribution in [0, 0.1) is 13.8 Å². The van der Waals surface area contributed by atoms with Crippen LogP contribution in [0.1, 0.15) is 35.5 Å². The molecule has 0 fully saturated rings. The zero-order chi connectivity index (χ0) is 14.0. The van der Waals surface area contributed by atoms with Gasteiger partial charge in [-0.25, -0.2) is 4.68 Å². The van der Waals surface area contributed by atoms with Gasteiger partial charge >= 0.3 is 0 Å². The van der Waals surface area contributed by atoms with Crippen molar-refractivity contribution >= 4 is 0 Å². The smallest absolute Gasteiger partial charge is 0.128 e. The van der Waals surface area contributed by atoms with Crippen LogP contribution in [0.3, 0.4) is 0 Å². The second-order valence-electron chi connectivity index (χ2n) is 4.68. The Bertz CT molecular complexity index is 576. The molecule has 0 saturated heterocycles. The quantitative estimate of drug-likeness (QED) is 0.899. The lowest BCUT2D eigenvalue weighted by molar-refractivity contribution is 0.406. The molecule has 6 nitrogen and oxygen atoms in total. The summed E-state index contributed by atoms with van der Waals surface area (Å²) in [5.41, 5.74) is 9.51. The van der Waals surface area contributed by atoms with Crippen LogP contribution >= 0.6 is 0 Å². The summed E-state index contributed by atoms with van der Waals surface area (Å²) >= 11 is 0. The Kier molecular flexibility index (Phi) is 3.80. The maximum atomic E-state index is 5.76. The van der Waals surface area contributed by atoms with E-state index >= 15 is 0 Å². The van der Waals surface area contributed by atoms with E-state index in [1.807, 2.05) is 33.2 Å². The van der Waals surface area contributed by atoms with Gasteiger partial charge in [0, 0.05) is 23.4 Å². The van der Waals surface area contributed by atoms with Gasteiger partial charge in [0.2, 0.25) is 0 Å². The topological polar surface area (TPSA) is 78.9 Å². The third-order valence-corrected chi connectivity index (χ3v) is 3.08. The first-order valence-electron chi connectivity index (χ1n) is 6.17. The largest absolute Gasteiger partial charge is 0.496 e. The average Bonchev–Trinajstić information content (AvgIpc) is 2.82. The predicted octanol–water partition coefficient (Wildman–Crippen LogP) is 1.37. The molecule has 2 aromatic rings. The van der Waals surface area contributed by atoms with Crippen molar-refractivity contribution in [1.29, 1.82) is 0 Å². The number of nitrogens with zero attached hydrogens (tertiary/aromatic N) is 4. The summed E-state index contributed by atoms with van der Waals surface area (Å²) in [6.45, 7) is 6.42. The van der Waals surface area contributed by atoms with Crippen molar-refractivity contribution in [3.05, 3.63) is 34.9 Å². The number of hydrogen-bond donors (Lipinski definition) is 1. The molecule has 0 spiro atoms. The van der Waals surface area contributed by atoms with Crippen LogP contribution in [0.4, 0.5) is 0 Å². The number of aryl methyl sites for hydroxylation is 1. The van der Waals surface area contributed by atoms with E-state index in [1.54, 1.807) is 11.8 Å². The predicted molar refractivity (Wildman–Crippen MR) is 72.0 cm³/mol. The number of hydrogen-bond acceptors (Lipinski definition) is 5. The Hall–Kier alpha value is -1.95. The molecular formula is C13H19N5O. The summed E-state index contributed by atoms with van der Waals surface area (Å²) in [5, 5.41) is 8.09. The fourth-order valence-electron chi connectivity index (χ4n) is 1.98. The number of pyridine rings is 1. The highest BCUT2D eigenvalue weighted by Gasteiger charge is 2.11. The zero-order valence-electron chi connectivity index (χ0n) is 11.7. The fourth-order valence-corrected chi connectivity index (χ4v) is 1.98. The van der Waals surface area contributed by atoms with E-state index in [1.165, 1.54) is 0 Å². The second-order valence-corrected chi connectivity index (χ2v) is 4.68. The van der Waals surface area contributed by atoms with E-state index in [0.717, 1.165) is 28.3 Å². The molecule has 0 radical (unpaired) electrons. The molecule has 0 aliphatic carbocycles. The maximum Gasteiger partial charge on any atom is 0.128 e. The monoisotopic (exact) mass is 261 g/mol. The fraction of sp³-hybridized carbons (Fsp3) is 0.462. The van der Waals surface area contributed by atoms with Crippen LogP contribution in [-0.2, 0) is 6.54 Å². The van der Waals surface area contributed by atoms with Crippen LogP contribution in [0.5, 0.6) is 5.75 Å². The zero-order valence-corrected chi connectivity index (χ0v) is 11.7. The molecule has 2 N–H and O–H groups in total. The van der Waals surface area contributed by atoms with Gasteiger partial charge in [0.1, 0.15) is 5.75 Å². The highest BCUT2D eigenvalue weighted by Crippen LogP contribution is 2.24. The van der Waals surface area contributed by atoms with Gasteiger partial charge in [-0.15, -0.1) is 5.10 Å². The Morgan fingerprint density at radius 1 is 1.42 bits per heavy atom. The van der Waals surface area contributed by atoms with Crippen LogP contribution in [-0.4, -0.2) is 27.1 Å². The lowest BCUT2D eigenvalue weighted by atomic mass is 10.1. The van der Waals surface area contributed by atoms with Crippen LogP contribution in [0.25, 0.3) is 0 Å². The van der Waals surface area contributed by atoms with Gasteiger partial charge in [0.05, 0.1) is 31.2 Å². The third kappa shape index (κ3) is 2.73. The molecule has 19 heavy (non-hydrogen) atoms. The molecule has 2 aromatic heterocycles. The lowest BCUT2D eigenvalue weighted by Gasteiger charge is -2.11. The Labute approximate surface area is 112 Å². The lowest BCUT2D eigenvalue weighted by Crippen LogP contribution is -2.07. The van der Waals surface area contributed by atoms with Gasteiger partial charge in [0.25, 0.3) is 0 Å². The highest BCUT2D eigenvalue weighted by atomic mass is 16.5.